The molecule has 188 valence electrons. The van der Waals surface area contributed by atoms with Gasteiger partial charge in [-0.15, -0.1) is 0 Å². The number of carbonyl (C=O) groups excluding carboxylic acids is 1. The molecular weight excluding hydrogens is 512 g/mol. The summed E-state index contributed by atoms with van der Waals surface area (Å²) >= 11 is 0. The molecule has 0 aromatic rings. The molecule has 1 aliphatic rings. The lowest BCUT2D eigenvalue weighted by molar-refractivity contribution is -0.555. The number of rotatable bonds is 2. The van der Waals surface area contributed by atoms with Crippen molar-refractivity contribution in [3.63, 3.8) is 0 Å². The third-order valence-electron chi connectivity index (χ3n) is 3.87. The van der Waals surface area contributed by atoms with Crippen LogP contribution in [0.4, 0.5) is 70.2 Å². The molecule has 0 bridgehead atoms. The van der Waals surface area contributed by atoms with E-state index in [9.17, 15) is 75.0 Å². The molecule has 0 saturated carbocycles. The molecule has 3 atom stereocenters. The summed E-state index contributed by atoms with van der Waals surface area (Å²) in [6.45, 7) is 1.71. The van der Waals surface area contributed by atoms with Crippen molar-refractivity contribution in [1.82, 2.24) is 0 Å². The zero-order chi connectivity index (χ0) is 26.1. The highest BCUT2D eigenvalue weighted by Crippen LogP contribution is 2.66. The van der Waals surface area contributed by atoms with Gasteiger partial charge in [-0.25, -0.2) is 4.79 Å². The molecule has 32 heavy (non-hydrogen) atoms. The number of hydrogen-bond donors (Lipinski definition) is 1. The van der Waals surface area contributed by atoms with E-state index in [1.165, 1.54) is 0 Å². The minimum atomic E-state index is -7.83. The molecule has 1 fully saturated rings. The van der Waals surface area contributed by atoms with Gasteiger partial charge in [-0.1, -0.05) is 6.58 Å². The monoisotopic (exact) mass is 516 g/mol. The largest absolute Gasteiger partial charge is 0.462 e. The Morgan fingerprint density at radius 1 is 0.844 bits per heavy atom. The van der Waals surface area contributed by atoms with Crippen LogP contribution in [0.5, 0.6) is 0 Å². The summed E-state index contributed by atoms with van der Waals surface area (Å²) in [5, 5.41) is 8.97. The van der Waals surface area contributed by atoms with Gasteiger partial charge in [-0.2, -0.15) is 70.2 Å². The van der Waals surface area contributed by atoms with Gasteiger partial charge in [0.15, 0.2) is 0 Å². The molecule has 20 heteroatoms. The molecule has 3 unspecified atom stereocenters. The molecule has 1 rings (SSSR count). The van der Waals surface area contributed by atoms with Crippen LogP contribution in [0, 0.1) is 0 Å². The fraction of sp³-hybridized carbons (Fsp3) is 0.750. The summed E-state index contributed by atoms with van der Waals surface area (Å²) in [6.07, 6.45) is -34.5. The predicted molar refractivity (Wildman–Crippen MR) is 61.9 cm³/mol. The predicted octanol–water partition coefficient (Wildman–Crippen LogP) is 4.43. The smallest absolute Gasteiger partial charge is 0.414 e. The zero-order valence-corrected chi connectivity index (χ0v) is 14.0. The summed E-state index contributed by atoms with van der Waals surface area (Å²) < 4.78 is 215. The van der Waals surface area contributed by atoms with E-state index in [1.54, 1.807) is 6.58 Å². The van der Waals surface area contributed by atoms with Gasteiger partial charge in [0.2, 0.25) is 6.10 Å². The van der Waals surface area contributed by atoms with Gasteiger partial charge in [-0.05, 0) is 0 Å². The highest BCUT2D eigenvalue weighted by atomic mass is 19.4. The Morgan fingerprint density at radius 2 is 1.25 bits per heavy atom. The SMILES string of the molecule is C=C(C(=O)OC1(C(F)(F)F)OC(C(F)(F)F)C(F)(F)C(O)(C(F)(F)F)C1(F)F)C(F)(F)F. The maximum absolute atomic E-state index is 14.3. The van der Waals surface area contributed by atoms with Crippen LogP contribution in [0.3, 0.4) is 0 Å². The zero-order valence-electron chi connectivity index (χ0n) is 14.0. The Hall–Kier alpha value is -1.99. The van der Waals surface area contributed by atoms with Gasteiger partial charge >= 0.3 is 48.3 Å². The Kier molecular flexibility index (Phi) is 6.14. The van der Waals surface area contributed by atoms with E-state index in [-0.39, 0.29) is 0 Å². The van der Waals surface area contributed by atoms with E-state index in [0.717, 1.165) is 0 Å². The second-order valence-corrected chi connectivity index (χ2v) is 5.93. The third-order valence-corrected chi connectivity index (χ3v) is 3.87. The number of halogens is 16. The molecule has 4 nitrogen and oxygen atoms in total. The summed E-state index contributed by atoms with van der Waals surface area (Å²) in [6, 6.07) is 0. The van der Waals surface area contributed by atoms with Crippen molar-refractivity contribution in [2.24, 2.45) is 0 Å². The summed E-state index contributed by atoms with van der Waals surface area (Å²) in [5.41, 5.74) is -10.8. The van der Waals surface area contributed by atoms with Crippen LogP contribution in [-0.4, -0.2) is 65.1 Å². The van der Waals surface area contributed by atoms with E-state index in [1.807, 2.05) is 0 Å². The lowest BCUT2D eigenvalue weighted by atomic mass is 9.76. The second-order valence-electron chi connectivity index (χ2n) is 5.93. The van der Waals surface area contributed by atoms with Crippen LogP contribution >= 0.6 is 0 Å². The first-order valence-electron chi connectivity index (χ1n) is 6.98. The Labute approximate surface area is 163 Å². The normalized spacial score (nSPS) is 31.2. The van der Waals surface area contributed by atoms with Crippen molar-refractivity contribution in [2.75, 3.05) is 0 Å². The molecule has 1 saturated heterocycles. The first kappa shape index (κ1) is 28.0. The molecular formula is C12H4F16O4. The third kappa shape index (κ3) is 3.63. The van der Waals surface area contributed by atoms with E-state index in [4.69, 9.17) is 5.11 Å². The van der Waals surface area contributed by atoms with Gasteiger partial charge in [0, 0.05) is 0 Å². The highest BCUT2D eigenvalue weighted by Gasteiger charge is 2.98. The first-order valence-corrected chi connectivity index (χ1v) is 6.98. The topological polar surface area (TPSA) is 55.8 Å². The molecule has 0 amide bonds. The maximum atomic E-state index is 14.3. The van der Waals surface area contributed by atoms with E-state index < -0.39 is 65.6 Å². The van der Waals surface area contributed by atoms with Gasteiger partial charge in [0.25, 0.3) is 5.60 Å². The fourth-order valence-electron chi connectivity index (χ4n) is 2.29. The standard InChI is InChI=1S/C12H4F16O4/c1-2(6(15,16)17)3(29)31-10(12(26,27)28)9(21,22)8(30,11(23,24)25)5(13,14)4(32-10)7(18,19)20/h4,30H,1H2. The lowest BCUT2D eigenvalue weighted by Gasteiger charge is -2.55. The van der Waals surface area contributed by atoms with E-state index in [0.29, 0.717) is 0 Å². The molecule has 0 aromatic heterocycles. The quantitative estimate of drug-likeness (QED) is 0.336. The lowest BCUT2D eigenvalue weighted by Crippen LogP contribution is -2.87. The molecule has 0 spiro atoms. The van der Waals surface area contributed by atoms with Crippen molar-refractivity contribution < 1.29 is 89.6 Å². The van der Waals surface area contributed by atoms with Crippen molar-refractivity contribution in [3.05, 3.63) is 12.2 Å². The summed E-state index contributed by atoms with van der Waals surface area (Å²) in [4.78, 5) is 11.2. The van der Waals surface area contributed by atoms with E-state index >= 15 is 0 Å². The van der Waals surface area contributed by atoms with E-state index in [2.05, 4.69) is 9.47 Å². The number of carbonyl (C=O) groups is 1. The average Bonchev–Trinajstić information content (AvgIpc) is 2.50. The van der Waals surface area contributed by atoms with Crippen LogP contribution in [0.2, 0.25) is 0 Å². The minimum Gasteiger partial charge on any atom is -0.414 e. The summed E-state index contributed by atoms with van der Waals surface area (Å²) in [7, 11) is 0. The van der Waals surface area contributed by atoms with Crippen molar-refractivity contribution >= 4 is 5.97 Å². The number of ether oxygens (including phenoxy) is 2. The maximum Gasteiger partial charge on any atom is 0.462 e. The number of alkyl halides is 16. The summed E-state index contributed by atoms with van der Waals surface area (Å²) in [5.74, 6) is -26.1. The van der Waals surface area contributed by atoms with Crippen LogP contribution in [0.15, 0.2) is 12.2 Å². The van der Waals surface area contributed by atoms with Crippen molar-refractivity contribution in [2.45, 2.75) is 54.0 Å². The Bertz CT molecular complexity index is 774. The number of aliphatic hydroxyl groups is 1. The molecule has 0 aliphatic carbocycles. The first-order chi connectivity index (χ1) is 13.6. The fourth-order valence-corrected chi connectivity index (χ4v) is 2.29. The molecule has 1 aliphatic heterocycles. The van der Waals surface area contributed by atoms with Crippen molar-refractivity contribution in [3.8, 4) is 0 Å². The molecule has 1 N–H and O–H groups in total. The second kappa shape index (κ2) is 7.00. The van der Waals surface area contributed by atoms with Crippen LogP contribution in [0.25, 0.3) is 0 Å². The van der Waals surface area contributed by atoms with Gasteiger partial charge < -0.3 is 14.6 Å². The van der Waals surface area contributed by atoms with Crippen LogP contribution in [0.1, 0.15) is 0 Å². The minimum absolute atomic E-state index is 1.71. The van der Waals surface area contributed by atoms with Gasteiger partial charge in [0.1, 0.15) is 5.57 Å². The molecule has 1 heterocycles. The molecule has 0 radical (unpaired) electrons. The Balaban J connectivity index is 4.06. The number of hydrogen-bond acceptors (Lipinski definition) is 4. The van der Waals surface area contributed by atoms with Gasteiger partial charge in [0.05, 0.1) is 0 Å². The van der Waals surface area contributed by atoms with Crippen molar-refractivity contribution in [1.29, 1.82) is 0 Å². The van der Waals surface area contributed by atoms with Crippen LogP contribution in [-0.2, 0) is 14.3 Å². The molecule has 0 aromatic carbocycles. The van der Waals surface area contributed by atoms with Gasteiger partial charge in [-0.3, -0.25) is 0 Å². The Morgan fingerprint density at radius 3 is 1.53 bits per heavy atom. The van der Waals surface area contributed by atoms with Crippen LogP contribution < -0.4 is 0 Å². The average molecular weight is 516 g/mol. The highest BCUT2D eigenvalue weighted by molar-refractivity contribution is 5.89. The number of esters is 1.